The van der Waals surface area contributed by atoms with Crippen molar-refractivity contribution >= 4 is 50.6 Å². The van der Waals surface area contributed by atoms with Crippen molar-refractivity contribution in [2.24, 2.45) is 0 Å². The molecule has 2 aromatic rings. The average molecular weight is 382 g/mol. The topological polar surface area (TPSA) is 29.1 Å². The van der Waals surface area contributed by atoms with Crippen LogP contribution in [-0.4, -0.2) is 11.4 Å². The summed E-state index contributed by atoms with van der Waals surface area (Å²) in [4.78, 5) is 11.9. The zero-order valence-corrected chi connectivity index (χ0v) is 12.9. The number of nitrogens with one attached hydrogen (secondary N) is 1. The molecule has 1 N–H and O–H groups in total. The van der Waals surface area contributed by atoms with Crippen LogP contribution in [0.25, 0.3) is 0 Å². The molecule has 1 aromatic heterocycles. The summed E-state index contributed by atoms with van der Waals surface area (Å²) in [5, 5.41) is 4.31. The Kier molecular flexibility index (Phi) is 4.77. The largest absolute Gasteiger partial charge is 0.446 e. The third-order valence-electron chi connectivity index (χ3n) is 2.18. The molecule has 0 saturated heterocycles. The Balaban J connectivity index is 2.02. The quantitative estimate of drug-likeness (QED) is 0.723. The summed E-state index contributed by atoms with van der Waals surface area (Å²) in [6.07, 6.45) is 0. The van der Waals surface area contributed by atoms with Gasteiger partial charge >= 0.3 is 5.51 Å². The number of hydrogen-bond acceptors (Lipinski definition) is 3. The highest BCUT2D eigenvalue weighted by atomic mass is 79.9. The van der Waals surface area contributed by atoms with Gasteiger partial charge in [-0.05, 0) is 58.0 Å². The molecule has 0 atom stereocenters. The fourth-order valence-corrected chi connectivity index (χ4v) is 3.05. The first-order chi connectivity index (χ1) is 9.33. The molecule has 1 amide bonds. The van der Waals surface area contributed by atoms with E-state index < -0.39 is 5.51 Å². The van der Waals surface area contributed by atoms with Gasteiger partial charge in [0.25, 0.3) is 5.91 Å². The second kappa shape index (κ2) is 6.19. The third kappa shape index (κ3) is 4.53. The fraction of sp³-hybridized carbons (Fsp3) is 0.0833. The van der Waals surface area contributed by atoms with Crippen molar-refractivity contribution < 1.29 is 18.0 Å². The van der Waals surface area contributed by atoms with E-state index in [1.807, 2.05) is 0 Å². The lowest BCUT2D eigenvalue weighted by Gasteiger charge is -2.07. The number of hydrogen-bond donors (Lipinski definition) is 1. The van der Waals surface area contributed by atoms with E-state index >= 15 is 0 Å². The van der Waals surface area contributed by atoms with Gasteiger partial charge in [0.2, 0.25) is 0 Å². The SMILES string of the molecule is O=C(Nc1ccc(SC(F)(F)F)cc1)c1csc(Br)c1. The van der Waals surface area contributed by atoms with Crippen molar-refractivity contribution in [3.05, 3.63) is 45.1 Å². The standard InChI is InChI=1S/C12H7BrF3NOS2/c13-10-5-7(6-19-10)11(18)17-8-1-3-9(4-2-8)20-12(14,15)16/h1-6H,(H,17,18). The van der Waals surface area contributed by atoms with Gasteiger partial charge in [-0.1, -0.05) is 0 Å². The Morgan fingerprint density at radius 3 is 2.40 bits per heavy atom. The minimum absolute atomic E-state index is 0.0776. The maximum Gasteiger partial charge on any atom is 0.446 e. The number of anilines is 1. The summed E-state index contributed by atoms with van der Waals surface area (Å²) in [5.41, 5.74) is -3.37. The number of carbonyl (C=O) groups is 1. The Morgan fingerprint density at radius 1 is 1.25 bits per heavy atom. The highest BCUT2D eigenvalue weighted by Gasteiger charge is 2.29. The summed E-state index contributed by atoms with van der Waals surface area (Å²) in [7, 11) is 0. The fourth-order valence-electron chi connectivity index (χ4n) is 1.37. The molecule has 0 bridgehead atoms. The van der Waals surface area contributed by atoms with Gasteiger partial charge in [0, 0.05) is 16.0 Å². The molecular formula is C12H7BrF3NOS2. The molecule has 0 aliphatic carbocycles. The Hall–Kier alpha value is -0.990. The molecule has 0 fully saturated rings. The van der Waals surface area contributed by atoms with E-state index in [0.29, 0.717) is 11.3 Å². The van der Waals surface area contributed by atoms with Gasteiger partial charge in [-0.2, -0.15) is 13.2 Å². The summed E-state index contributed by atoms with van der Waals surface area (Å²) in [6.45, 7) is 0. The highest BCUT2D eigenvalue weighted by Crippen LogP contribution is 2.37. The number of rotatable bonds is 3. The van der Waals surface area contributed by atoms with Crippen molar-refractivity contribution in [3.63, 3.8) is 0 Å². The highest BCUT2D eigenvalue weighted by molar-refractivity contribution is 9.11. The van der Waals surface area contributed by atoms with Crippen LogP contribution in [0.4, 0.5) is 18.9 Å². The maximum atomic E-state index is 12.2. The predicted octanol–water partition coefficient (Wildman–Crippen LogP) is 5.37. The molecule has 0 unspecified atom stereocenters. The van der Waals surface area contributed by atoms with Gasteiger partial charge in [-0.15, -0.1) is 11.3 Å². The van der Waals surface area contributed by atoms with E-state index in [9.17, 15) is 18.0 Å². The van der Waals surface area contributed by atoms with E-state index in [1.54, 1.807) is 11.4 Å². The first-order valence-corrected chi connectivity index (χ1v) is 7.73. The van der Waals surface area contributed by atoms with Crippen molar-refractivity contribution in [1.29, 1.82) is 0 Å². The number of thioether (sulfide) groups is 1. The molecule has 0 spiro atoms. The van der Waals surface area contributed by atoms with Gasteiger partial charge in [0.1, 0.15) is 0 Å². The minimum Gasteiger partial charge on any atom is -0.322 e. The van der Waals surface area contributed by atoms with E-state index in [1.165, 1.54) is 35.6 Å². The molecule has 0 radical (unpaired) electrons. The van der Waals surface area contributed by atoms with Crippen LogP contribution >= 0.6 is 39.0 Å². The average Bonchev–Trinajstić information content (AvgIpc) is 2.77. The van der Waals surface area contributed by atoms with Crippen molar-refractivity contribution in [1.82, 2.24) is 0 Å². The van der Waals surface area contributed by atoms with Crippen LogP contribution < -0.4 is 5.32 Å². The lowest BCUT2D eigenvalue weighted by atomic mass is 10.3. The normalized spacial score (nSPS) is 11.4. The molecule has 106 valence electrons. The van der Waals surface area contributed by atoms with Gasteiger partial charge in [0.05, 0.1) is 9.35 Å². The molecule has 1 aromatic carbocycles. The molecule has 0 aliphatic heterocycles. The molecule has 1 heterocycles. The van der Waals surface area contributed by atoms with Gasteiger partial charge < -0.3 is 5.32 Å². The number of carbonyl (C=O) groups excluding carboxylic acids is 1. The molecule has 0 aliphatic rings. The minimum atomic E-state index is -4.31. The van der Waals surface area contributed by atoms with Gasteiger partial charge in [-0.25, -0.2) is 0 Å². The van der Waals surface area contributed by atoms with E-state index in [2.05, 4.69) is 21.2 Å². The van der Waals surface area contributed by atoms with E-state index in [-0.39, 0.29) is 22.6 Å². The lowest BCUT2D eigenvalue weighted by molar-refractivity contribution is -0.0328. The molecule has 8 heteroatoms. The van der Waals surface area contributed by atoms with Crippen molar-refractivity contribution in [2.45, 2.75) is 10.4 Å². The summed E-state index contributed by atoms with van der Waals surface area (Å²) < 4.78 is 37.3. The second-order valence-corrected chi connectivity index (χ2v) is 7.09. The summed E-state index contributed by atoms with van der Waals surface area (Å²) in [5.74, 6) is -0.303. The zero-order chi connectivity index (χ0) is 14.8. The Bertz CT molecular complexity index is 610. The van der Waals surface area contributed by atoms with Crippen LogP contribution in [0.15, 0.2) is 44.4 Å². The zero-order valence-electron chi connectivity index (χ0n) is 9.70. The first-order valence-electron chi connectivity index (χ1n) is 5.25. The lowest BCUT2D eigenvalue weighted by Crippen LogP contribution is -2.10. The number of benzene rings is 1. The van der Waals surface area contributed by atoms with Crippen LogP contribution in [0.2, 0.25) is 0 Å². The maximum absolute atomic E-state index is 12.2. The van der Waals surface area contributed by atoms with Crippen molar-refractivity contribution in [3.8, 4) is 0 Å². The van der Waals surface area contributed by atoms with Crippen LogP contribution in [0.5, 0.6) is 0 Å². The molecular weight excluding hydrogens is 375 g/mol. The van der Waals surface area contributed by atoms with Crippen LogP contribution in [0, 0.1) is 0 Å². The second-order valence-electron chi connectivity index (χ2n) is 3.67. The molecule has 2 rings (SSSR count). The summed E-state index contributed by atoms with van der Waals surface area (Å²) in [6, 6.07) is 7.18. The Morgan fingerprint density at radius 2 is 1.90 bits per heavy atom. The number of thiophene rings is 1. The number of alkyl halides is 3. The van der Waals surface area contributed by atoms with E-state index in [4.69, 9.17) is 0 Å². The first kappa shape index (κ1) is 15.4. The molecule has 0 saturated carbocycles. The van der Waals surface area contributed by atoms with Gasteiger partial charge in [0.15, 0.2) is 0 Å². The molecule has 2 nitrogen and oxygen atoms in total. The van der Waals surface area contributed by atoms with Crippen LogP contribution in [0.3, 0.4) is 0 Å². The molecule has 20 heavy (non-hydrogen) atoms. The smallest absolute Gasteiger partial charge is 0.322 e. The van der Waals surface area contributed by atoms with E-state index in [0.717, 1.165) is 3.79 Å². The number of amides is 1. The van der Waals surface area contributed by atoms with Crippen molar-refractivity contribution in [2.75, 3.05) is 5.32 Å². The predicted molar refractivity (Wildman–Crippen MR) is 78.3 cm³/mol. The van der Waals surface area contributed by atoms with Gasteiger partial charge in [-0.3, -0.25) is 4.79 Å². The number of halogens is 4. The Labute approximate surface area is 129 Å². The van der Waals surface area contributed by atoms with Crippen LogP contribution in [0.1, 0.15) is 10.4 Å². The van der Waals surface area contributed by atoms with Crippen LogP contribution in [-0.2, 0) is 0 Å². The third-order valence-corrected chi connectivity index (χ3v) is 4.42. The summed E-state index contributed by atoms with van der Waals surface area (Å²) >= 11 is 4.44. The monoisotopic (exact) mass is 381 g/mol.